The van der Waals surface area contributed by atoms with E-state index < -0.39 is 5.60 Å². The zero-order valence-corrected chi connectivity index (χ0v) is 17.0. The van der Waals surface area contributed by atoms with Crippen molar-refractivity contribution in [3.63, 3.8) is 0 Å². The number of nitrogens with zero attached hydrogens (tertiary/aromatic N) is 2. The van der Waals surface area contributed by atoms with Crippen molar-refractivity contribution >= 4 is 23.2 Å². The van der Waals surface area contributed by atoms with E-state index in [0.717, 1.165) is 55.3 Å². The summed E-state index contributed by atoms with van der Waals surface area (Å²) < 4.78 is 0. The summed E-state index contributed by atoms with van der Waals surface area (Å²) in [7, 11) is 0. The quantitative estimate of drug-likeness (QED) is 0.809. The predicted molar refractivity (Wildman–Crippen MR) is 111 cm³/mol. The van der Waals surface area contributed by atoms with Crippen molar-refractivity contribution in [2.24, 2.45) is 0 Å². The van der Waals surface area contributed by atoms with Crippen LogP contribution in [0, 0.1) is 0 Å². The minimum absolute atomic E-state index is 0.0918. The van der Waals surface area contributed by atoms with Gasteiger partial charge in [0.2, 0.25) is 0 Å². The molecule has 0 unspecified atom stereocenters. The molecule has 2 heterocycles. The lowest BCUT2D eigenvalue weighted by atomic mass is 9.79. The summed E-state index contributed by atoms with van der Waals surface area (Å²) >= 11 is 12.6. The van der Waals surface area contributed by atoms with Gasteiger partial charge in [-0.3, -0.25) is 9.80 Å². The third-order valence-electron chi connectivity index (χ3n) is 6.05. The molecule has 3 nitrogen and oxygen atoms in total. The van der Waals surface area contributed by atoms with Gasteiger partial charge in [-0.1, -0.05) is 53.5 Å². The number of piperidine rings is 1. The van der Waals surface area contributed by atoms with E-state index in [0.29, 0.717) is 5.02 Å². The average molecular weight is 405 g/mol. The first kappa shape index (κ1) is 19.2. The van der Waals surface area contributed by atoms with Crippen LogP contribution in [0.2, 0.25) is 10.0 Å². The van der Waals surface area contributed by atoms with E-state index in [2.05, 4.69) is 21.9 Å². The van der Waals surface area contributed by atoms with E-state index in [1.54, 1.807) is 0 Å². The Bertz CT molecular complexity index is 779. The maximum absolute atomic E-state index is 11.7. The summed E-state index contributed by atoms with van der Waals surface area (Å²) in [5.74, 6) is 0. The highest BCUT2D eigenvalue weighted by Gasteiger charge is 2.46. The number of likely N-dealkylation sites (tertiary alicyclic amines) is 2. The van der Waals surface area contributed by atoms with E-state index in [9.17, 15) is 5.11 Å². The molecule has 0 aliphatic carbocycles. The second-order valence-electron chi connectivity index (χ2n) is 7.77. The largest absolute Gasteiger partial charge is 0.383 e. The Kier molecular flexibility index (Phi) is 5.77. The topological polar surface area (TPSA) is 26.7 Å². The lowest BCUT2D eigenvalue weighted by molar-refractivity contribution is -0.0959. The van der Waals surface area contributed by atoms with E-state index in [4.69, 9.17) is 23.2 Å². The summed E-state index contributed by atoms with van der Waals surface area (Å²) in [6.07, 6.45) is 3.14. The van der Waals surface area contributed by atoms with Gasteiger partial charge in [0.15, 0.2) is 0 Å². The number of hydrogen-bond donors (Lipinski definition) is 1. The molecule has 2 atom stereocenters. The zero-order valence-electron chi connectivity index (χ0n) is 15.5. The normalized spacial score (nSPS) is 27.1. The summed E-state index contributed by atoms with van der Waals surface area (Å²) in [5, 5.41) is 13.2. The molecule has 2 saturated heterocycles. The zero-order chi connectivity index (χ0) is 18.9. The molecule has 0 radical (unpaired) electrons. The fourth-order valence-corrected chi connectivity index (χ4v) is 4.94. The Morgan fingerprint density at radius 3 is 2.48 bits per heavy atom. The lowest BCUT2D eigenvalue weighted by Crippen LogP contribution is -2.60. The van der Waals surface area contributed by atoms with Crippen LogP contribution in [0.4, 0.5) is 0 Å². The summed E-state index contributed by atoms with van der Waals surface area (Å²) in [4.78, 5) is 4.87. The number of halogens is 2. The van der Waals surface area contributed by atoms with Gasteiger partial charge in [-0.25, -0.2) is 0 Å². The molecular weight excluding hydrogens is 379 g/mol. The number of hydrogen-bond acceptors (Lipinski definition) is 3. The molecule has 0 bridgehead atoms. The third-order valence-corrected chi connectivity index (χ3v) is 6.65. The lowest BCUT2D eigenvalue weighted by Gasteiger charge is -2.48. The van der Waals surface area contributed by atoms with Crippen LogP contribution in [0.1, 0.15) is 30.4 Å². The van der Waals surface area contributed by atoms with Crippen molar-refractivity contribution in [1.29, 1.82) is 0 Å². The molecule has 144 valence electrons. The molecule has 4 rings (SSSR count). The molecule has 5 heteroatoms. The molecular formula is C22H26Cl2N2O. The molecule has 0 spiro atoms. The molecule has 0 saturated carbocycles. The van der Waals surface area contributed by atoms with Crippen LogP contribution in [0.15, 0.2) is 48.5 Å². The van der Waals surface area contributed by atoms with Crippen molar-refractivity contribution in [3.05, 3.63) is 69.7 Å². The van der Waals surface area contributed by atoms with Crippen LogP contribution in [-0.4, -0.2) is 47.1 Å². The Labute approximate surface area is 171 Å². The highest BCUT2D eigenvalue weighted by atomic mass is 35.5. The first-order valence-corrected chi connectivity index (χ1v) is 10.5. The molecule has 2 aliphatic rings. The van der Waals surface area contributed by atoms with Crippen LogP contribution >= 0.6 is 23.2 Å². The van der Waals surface area contributed by atoms with Gasteiger partial charge >= 0.3 is 0 Å². The SMILES string of the molecule is O[C@]1(c2ccccc2)CCN(Cc2cc(Cl)ccc2Cl)C[C@H]1N1CCCC1. The second-order valence-corrected chi connectivity index (χ2v) is 8.61. The van der Waals surface area contributed by atoms with Crippen molar-refractivity contribution in [2.45, 2.75) is 37.5 Å². The maximum Gasteiger partial charge on any atom is 0.108 e. The third kappa shape index (κ3) is 4.03. The van der Waals surface area contributed by atoms with E-state index in [1.165, 1.54) is 12.8 Å². The Morgan fingerprint density at radius 1 is 1.00 bits per heavy atom. The van der Waals surface area contributed by atoms with Crippen LogP contribution in [0.25, 0.3) is 0 Å². The molecule has 2 aromatic carbocycles. The van der Waals surface area contributed by atoms with Crippen molar-refractivity contribution < 1.29 is 5.11 Å². The fourth-order valence-electron chi connectivity index (χ4n) is 4.57. The fraction of sp³-hybridized carbons (Fsp3) is 0.455. The van der Waals surface area contributed by atoms with Gasteiger partial charge in [-0.2, -0.15) is 0 Å². The molecule has 0 amide bonds. The van der Waals surface area contributed by atoms with Crippen molar-refractivity contribution in [2.75, 3.05) is 26.2 Å². The first-order chi connectivity index (χ1) is 13.1. The minimum atomic E-state index is -0.805. The molecule has 0 aromatic heterocycles. The molecule has 2 aromatic rings. The smallest absolute Gasteiger partial charge is 0.108 e. The molecule has 2 fully saturated rings. The van der Waals surface area contributed by atoms with Gasteiger partial charge in [-0.05, 0) is 61.7 Å². The van der Waals surface area contributed by atoms with E-state index >= 15 is 0 Å². The summed E-state index contributed by atoms with van der Waals surface area (Å²) in [6.45, 7) is 4.54. The van der Waals surface area contributed by atoms with Crippen LogP contribution in [0.3, 0.4) is 0 Å². The summed E-state index contributed by atoms with van der Waals surface area (Å²) in [5.41, 5.74) is 1.28. The molecule has 2 aliphatic heterocycles. The van der Waals surface area contributed by atoms with Crippen LogP contribution < -0.4 is 0 Å². The Balaban J connectivity index is 1.58. The van der Waals surface area contributed by atoms with Crippen LogP contribution in [0.5, 0.6) is 0 Å². The number of aliphatic hydroxyl groups is 1. The predicted octanol–water partition coefficient (Wildman–Crippen LogP) is 4.55. The van der Waals surface area contributed by atoms with Gasteiger partial charge in [0.1, 0.15) is 5.60 Å². The average Bonchev–Trinajstić information content (AvgIpc) is 3.21. The summed E-state index contributed by atoms with van der Waals surface area (Å²) in [6, 6.07) is 15.9. The minimum Gasteiger partial charge on any atom is -0.383 e. The van der Waals surface area contributed by atoms with Gasteiger partial charge in [-0.15, -0.1) is 0 Å². The number of rotatable bonds is 4. The monoisotopic (exact) mass is 404 g/mol. The maximum atomic E-state index is 11.7. The van der Waals surface area contributed by atoms with Gasteiger partial charge in [0.05, 0.1) is 6.04 Å². The first-order valence-electron chi connectivity index (χ1n) is 9.74. The number of benzene rings is 2. The Hall–Kier alpha value is -1.10. The van der Waals surface area contributed by atoms with Gasteiger partial charge < -0.3 is 5.11 Å². The standard InChI is InChI=1S/C22H26Cl2N2O/c23-19-8-9-20(24)17(14-19)15-25-13-10-22(27,18-6-2-1-3-7-18)21(16-25)26-11-4-5-12-26/h1-3,6-9,14,21,27H,4-5,10-13,15-16H2/t21-,22+/m1/s1. The Morgan fingerprint density at radius 2 is 1.74 bits per heavy atom. The highest BCUT2D eigenvalue weighted by Crippen LogP contribution is 2.38. The van der Waals surface area contributed by atoms with Crippen molar-refractivity contribution in [1.82, 2.24) is 9.80 Å². The molecule has 27 heavy (non-hydrogen) atoms. The highest BCUT2D eigenvalue weighted by molar-refractivity contribution is 6.33. The van der Waals surface area contributed by atoms with E-state index in [1.807, 2.05) is 36.4 Å². The molecule has 1 N–H and O–H groups in total. The van der Waals surface area contributed by atoms with Gasteiger partial charge in [0, 0.05) is 29.7 Å². The second kappa shape index (κ2) is 8.10. The van der Waals surface area contributed by atoms with Crippen LogP contribution in [-0.2, 0) is 12.1 Å². The van der Waals surface area contributed by atoms with Crippen molar-refractivity contribution in [3.8, 4) is 0 Å². The van der Waals surface area contributed by atoms with Gasteiger partial charge in [0.25, 0.3) is 0 Å². The van der Waals surface area contributed by atoms with E-state index in [-0.39, 0.29) is 6.04 Å².